The fourth-order valence-corrected chi connectivity index (χ4v) is 2.29. The number of nitrogens with two attached hydrogens (primary N) is 2. The zero-order chi connectivity index (χ0) is 15.6. The monoisotopic (exact) mass is 347 g/mol. The molecule has 0 unspecified atom stereocenters. The van der Waals surface area contributed by atoms with E-state index in [-0.39, 0.29) is 5.91 Å². The van der Waals surface area contributed by atoms with Gasteiger partial charge in [-0.2, -0.15) is 0 Å². The first-order chi connectivity index (χ1) is 9.88. The average Bonchev–Trinajstić information content (AvgIpc) is 2.43. The molecular weight excluding hydrogens is 334 g/mol. The molecule has 2 aromatic rings. The number of primary amides is 1. The summed E-state index contributed by atoms with van der Waals surface area (Å²) in [6, 6.07) is 9.85. The predicted octanol–water partition coefficient (Wildman–Crippen LogP) is 2.69. The minimum absolute atomic E-state index is 0.288. The van der Waals surface area contributed by atoms with Crippen LogP contribution in [0.3, 0.4) is 0 Å². The summed E-state index contributed by atoms with van der Waals surface area (Å²) in [6.45, 7) is 1.79. The lowest BCUT2D eigenvalue weighted by atomic mass is 10.1. The zero-order valence-corrected chi connectivity index (χ0v) is 12.9. The fraction of sp³-hybridized carbons (Fsp3) is 0.0667. The van der Waals surface area contributed by atoms with Crippen molar-refractivity contribution in [1.29, 1.82) is 0 Å². The van der Waals surface area contributed by atoms with E-state index in [9.17, 15) is 9.59 Å². The van der Waals surface area contributed by atoms with E-state index in [0.717, 1.165) is 5.56 Å². The maximum atomic E-state index is 12.3. The molecule has 0 aliphatic rings. The number of halogens is 1. The van der Waals surface area contributed by atoms with Gasteiger partial charge in [0.15, 0.2) is 0 Å². The van der Waals surface area contributed by atoms with E-state index in [0.29, 0.717) is 27.0 Å². The topological polar surface area (TPSA) is 98.2 Å². The van der Waals surface area contributed by atoms with E-state index in [2.05, 4.69) is 21.2 Å². The van der Waals surface area contributed by atoms with Crippen molar-refractivity contribution in [2.45, 2.75) is 6.92 Å². The first-order valence-corrected chi connectivity index (χ1v) is 6.94. The summed E-state index contributed by atoms with van der Waals surface area (Å²) in [7, 11) is 0. The minimum Gasteiger partial charge on any atom is -0.399 e. The molecule has 2 amide bonds. The van der Waals surface area contributed by atoms with Gasteiger partial charge in [0.25, 0.3) is 5.91 Å². The van der Waals surface area contributed by atoms with Gasteiger partial charge in [-0.3, -0.25) is 9.59 Å². The van der Waals surface area contributed by atoms with Crippen LogP contribution in [0.15, 0.2) is 40.9 Å². The molecule has 0 fully saturated rings. The molecule has 0 bridgehead atoms. The van der Waals surface area contributed by atoms with Crippen molar-refractivity contribution in [1.82, 2.24) is 0 Å². The number of nitrogen functional groups attached to an aromatic ring is 1. The largest absolute Gasteiger partial charge is 0.399 e. The van der Waals surface area contributed by atoms with Crippen LogP contribution in [0, 0.1) is 6.92 Å². The van der Waals surface area contributed by atoms with Crippen LogP contribution in [-0.4, -0.2) is 11.8 Å². The number of aryl methyl sites for hydroxylation is 1. The van der Waals surface area contributed by atoms with Crippen molar-refractivity contribution in [2.24, 2.45) is 5.73 Å². The Morgan fingerprint density at radius 1 is 1.14 bits per heavy atom. The van der Waals surface area contributed by atoms with Crippen molar-refractivity contribution in [2.75, 3.05) is 11.1 Å². The molecule has 21 heavy (non-hydrogen) atoms. The van der Waals surface area contributed by atoms with Crippen LogP contribution in [0.5, 0.6) is 0 Å². The Morgan fingerprint density at radius 2 is 1.86 bits per heavy atom. The number of anilines is 2. The summed E-state index contributed by atoms with van der Waals surface area (Å²) in [5.74, 6) is -0.793. The summed E-state index contributed by atoms with van der Waals surface area (Å²) in [6.07, 6.45) is 0. The Bertz CT molecular complexity index is 729. The van der Waals surface area contributed by atoms with E-state index in [1.54, 1.807) is 43.3 Å². The van der Waals surface area contributed by atoms with E-state index in [1.165, 1.54) is 0 Å². The normalized spacial score (nSPS) is 10.2. The van der Waals surface area contributed by atoms with Gasteiger partial charge in [-0.1, -0.05) is 0 Å². The van der Waals surface area contributed by atoms with E-state index < -0.39 is 5.91 Å². The van der Waals surface area contributed by atoms with Gasteiger partial charge in [0.2, 0.25) is 5.91 Å². The smallest absolute Gasteiger partial charge is 0.256 e. The minimum atomic E-state index is -0.505. The van der Waals surface area contributed by atoms with Crippen LogP contribution in [0.25, 0.3) is 0 Å². The maximum absolute atomic E-state index is 12.3. The van der Waals surface area contributed by atoms with Crippen molar-refractivity contribution in [3.8, 4) is 0 Å². The Hall–Kier alpha value is -2.34. The third-order valence-electron chi connectivity index (χ3n) is 2.99. The highest BCUT2D eigenvalue weighted by atomic mass is 79.9. The number of carbonyl (C=O) groups excluding carboxylic acids is 2. The molecule has 2 aromatic carbocycles. The average molecular weight is 348 g/mol. The summed E-state index contributed by atoms with van der Waals surface area (Å²) < 4.78 is 0.653. The van der Waals surface area contributed by atoms with Crippen molar-refractivity contribution >= 4 is 39.1 Å². The zero-order valence-electron chi connectivity index (χ0n) is 11.3. The van der Waals surface area contributed by atoms with Crippen LogP contribution in [0.2, 0.25) is 0 Å². The second kappa shape index (κ2) is 5.97. The molecule has 0 atom stereocenters. The highest BCUT2D eigenvalue weighted by Gasteiger charge is 2.12. The molecule has 5 nitrogen and oxygen atoms in total. The molecule has 5 N–H and O–H groups in total. The van der Waals surface area contributed by atoms with Crippen molar-refractivity contribution in [3.63, 3.8) is 0 Å². The first kappa shape index (κ1) is 15.1. The lowest BCUT2D eigenvalue weighted by molar-refractivity contribution is 0.0998. The second-order valence-corrected chi connectivity index (χ2v) is 5.44. The summed E-state index contributed by atoms with van der Waals surface area (Å²) >= 11 is 3.32. The van der Waals surface area contributed by atoms with Crippen LogP contribution >= 0.6 is 15.9 Å². The highest BCUT2D eigenvalue weighted by molar-refractivity contribution is 9.10. The summed E-state index contributed by atoms with van der Waals surface area (Å²) in [5, 5.41) is 2.78. The number of rotatable bonds is 3. The number of nitrogens with one attached hydrogen (secondary N) is 1. The molecular formula is C15H14BrN3O2. The molecule has 0 radical (unpaired) electrons. The molecule has 6 heteroatoms. The number of hydrogen-bond donors (Lipinski definition) is 3. The number of hydrogen-bond acceptors (Lipinski definition) is 3. The molecule has 0 aromatic heterocycles. The van der Waals surface area contributed by atoms with Gasteiger partial charge in [-0.25, -0.2) is 0 Å². The first-order valence-electron chi connectivity index (χ1n) is 6.15. The van der Waals surface area contributed by atoms with Crippen LogP contribution in [-0.2, 0) is 0 Å². The van der Waals surface area contributed by atoms with Crippen molar-refractivity contribution < 1.29 is 9.59 Å². The lowest BCUT2D eigenvalue weighted by Crippen LogP contribution is -2.15. The summed E-state index contributed by atoms with van der Waals surface area (Å²) in [4.78, 5) is 23.4. The Labute approximate surface area is 130 Å². The third kappa shape index (κ3) is 3.41. The van der Waals surface area contributed by atoms with Gasteiger partial charge in [0.1, 0.15) is 0 Å². The molecule has 0 heterocycles. The molecule has 0 saturated heterocycles. The maximum Gasteiger partial charge on any atom is 0.256 e. The Kier molecular flexibility index (Phi) is 4.28. The molecule has 0 saturated carbocycles. The molecule has 108 valence electrons. The van der Waals surface area contributed by atoms with Crippen molar-refractivity contribution in [3.05, 3.63) is 57.6 Å². The molecule has 0 aliphatic carbocycles. The van der Waals surface area contributed by atoms with Crippen LogP contribution in [0.1, 0.15) is 26.3 Å². The van der Waals surface area contributed by atoms with Gasteiger partial charge < -0.3 is 16.8 Å². The standard InChI is InChI=1S/C15H14BrN3O2/c1-8-6-9(14(18)20)2-5-13(8)19-15(21)11-7-10(17)3-4-12(11)16/h2-7H,17H2,1H3,(H2,18,20)(H,19,21). The Balaban J connectivity index is 2.27. The van der Waals surface area contributed by atoms with E-state index in [4.69, 9.17) is 11.5 Å². The molecule has 0 spiro atoms. The third-order valence-corrected chi connectivity index (χ3v) is 3.69. The van der Waals surface area contributed by atoms with E-state index in [1.807, 2.05) is 0 Å². The van der Waals surface area contributed by atoms with Crippen LogP contribution < -0.4 is 16.8 Å². The predicted molar refractivity (Wildman–Crippen MR) is 86.2 cm³/mol. The number of amides is 2. The molecule has 0 aliphatic heterocycles. The number of carbonyl (C=O) groups is 2. The fourth-order valence-electron chi connectivity index (χ4n) is 1.86. The second-order valence-electron chi connectivity index (χ2n) is 4.59. The van der Waals surface area contributed by atoms with Crippen LogP contribution in [0.4, 0.5) is 11.4 Å². The summed E-state index contributed by atoms with van der Waals surface area (Å²) in [5.41, 5.74) is 13.6. The van der Waals surface area contributed by atoms with Gasteiger partial charge in [-0.15, -0.1) is 0 Å². The van der Waals surface area contributed by atoms with Gasteiger partial charge in [0.05, 0.1) is 5.56 Å². The SMILES string of the molecule is Cc1cc(C(N)=O)ccc1NC(=O)c1cc(N)ccc1Br. The lowest BCUT2D eigenvalue weighted by Gasteiger charge is -2.11. The Morgan fingerprint density at radius 3 is 2.48 bits per heavy atom. The van der Waals surface area contributed by atoms with Gasteiger partial charge >= 0.3 is 0 Å². The van der Waals surface area contributed by atoms with Gasteiger partial charge in [0, 0.05) is 21.4 Å². The highest BCUT2D eigenvalue weighted by Crippen LogP contribution is 2.22. The van der Waals surface area contributed by atoms with E-state index >= 15 is 0 Å². The quantitative estimate of drug-likeness (QED) is 0.744. The van der Waals surface area contributed by atoms with Gasteiger partial charge in [-0.05, 0) is 64.8 Å². The number of benzene rings is 2. The molecule has 2 rings (SSSR count).